The Kier molecular flexibility index (Phi) is 6.29. The smallest absolute Gasteiger partial charge is 0.251 e. The van der Waals surface area contributed by atoms with Crippen molar-refractivity contribution in [3.63, 3.8) is 0 Å². The van der Waals surface area contributed by atoms with Gasteiger partial charge < -0.3 is 20.5 Å². The first-order chi connectivity index (χ1) is 13.4. The molecule has 1 fully saturated rings. The largest absolute Gasteiger partial charge is 0.385 e. The van der Waals surface area contributed by atoms with Crippen molar-refractivity contribution in [1.29, 1.82) is 0 Å². The molecule has 1 amide bonds. The molecule has 3 N–H and O–H groups in total. The highest BCUT2D eigenvalue weighted by Gasteiger charge is 2.17. The number of anilines is 2. The van der Waals surface area contributed by atoms with Crippen molar-refractivity contribution in [3.05, 3.63) is 55.8 Å². The summed E-state index contributed by atoms with van der Waals surface area (Å²) in [5.41, 5.74) is 3.47. The number of amides is 1. The quantitative estimate of drug-likeness (QED) is 0.689. The van der Waals surface area contributed by atoms with Crippen molar-refractivity contribution >= 4 is 29.0 Å². The third kappa shape index (κ3) is 4.33. The lowest BCUT2D eigenvalue weighted by Gasteiger charge is -2.19. The van der Waals surface area contributed by atoms with Gasteiger partial charge >= 0.3 is 0 Å². The zero-order chi connectivity index (χ0) is 20.3. The van der Waals surface area contributed by atoms with Crippen LogP contribution in [0.25, 0.3) is 0 Å². The summed E-state index contributed by atoms with van der Waals surface area (Å²) in [6.07, 6.45) is 2.29. The Balaban J connectivity index is 1.77. The average molecular weight is 403 g/mol. The summed E-state index contributed by atoms with van der Waals surface area (Å²) in [6.45, 7) is 8.58. The molecule has 150 valence electrons. The van der Waals surface area contributed by atoms with Crippen molar-refractivity contribution in [2.75, 3.05) is 29.9 Å². The van der Waals surface area contributed by atoms with Crippen molar-refractivity contribution in [2.24, 2.45) is 0 Å². The summed E-state index contributed by atoms with van der Waals surface area (Å²) in [5, 5.41) is 6.57. The van der Waals surface area contributed by atoms with Crippen LogP contribution in [0.4, 0.5) is 11.5 Å². The van der Waals surface area contributed by atoms with Gasteiger partial charge in [-0.15, -0.1) is 0 Å². The first-order valence-electron chi connectivity index (χ1n) is 9.70. The number of aromatic nitrogens is 1. The molecule has 0 unspecified atom stereocenters. The molecule has 0 radical (unpaired) electrons. The molecule has 1 aromatic carbocycles. The number of pyridine rings is 1. The number of H-pyrrole nitrogens is 1. The first-order valence-corrected chi connectivity index (χ1v) is 10.1. The number of rotatable bonds is 6. The summed E-state index contributed by atoms with van der Waals surface area (Å²) < 4.78 is 0. The average Bonchev–Trinajstić information content (AvgIpc) is 3.18. The van der Waals surface area contributed by atoms with E-state index in [0.29, 0.717) is 16.1 Å². The number of nitrogens with zero attached hydrogens (tertiary/aromatic N) is 1. The second kappa shape index (κ2) is 8.69. The van der Waals surface area contributed by atoms with Crippen molar-refractivity contribution in [1.82, 2.24) is 10.3 Å². The predicted molar refractivity (Wildman–Crippen MR) is 115 cm³/mol. The van der Waals surface area contributed by atoms with Crippen LogP contribution in [-0.2, 0) is 6.54 Å². The standard InChI is InChI=1S/C21H27ClN4O2/c1-4-23-18-10-15(22)9-16(13(18)2)21(28)24-12-17-14(3)25-20(11-19(17)27)26-7-5-6-8-26/h9-11,23H,4-8,12H2,1-3H3,(H,24,28)(H,25,27). The second-order valence-electron chi connectivity index (χ2n) is 7.16. The van der Waals surface area contributed by atoms with Crippen LogP contribution in [0.3, 0.4) is 0 Å². The van der Waals surface area contributed by atoms with Gasteiger partial charge in [-0.05, 0) is 51.3 Å². The Labute approximate surface area is 170 Å². The molecule has 0 spiro atoms. The minimum Gasteiger partial charge on any atom is -0.385 e. The van der Waals surface area contributed by atoms with Gasteiger partial charge in [0.05, 0.1) is 0 Å². The molecule has 28 heavy (non-hydrogen) atoms. The SMILES string of the molecule is CCNc1cc(Cl)cc(C(=O)NCc2c(C)[nH]c(N3CCCC3)cc2=O)c1C. The molecule has 2 aromatic rings. The van der Waals surface area contributed by atoms with E-state index >= 15 is 0 Å². The third-order valence-corrected chi connectivity index (χ3v) is 5.41. The topological polar surface area (TPSA) is 77.2 Å². The van der Waals surface area contributed by atoms with Crippen LogP contribution < -0.4 is 21.0 Å². The number of nitrogens with one attached hydrogen (secondary N) is 3. The van der Waals surface area contributed by atoms with Gasteiger partial charge in [0.25, 0.3) is 5.91 Å². The van der Waals surface area contributed by atoms with Crippen LogP contribution in [0.5, 0.6) is 0 Å². The lowest BCUT2D eigenvalue weighted by Crippen LogP contribution is -2.29. The molecule has 2 heterocycles. The molecule has 1 aliphatic rings. The Morgan fingerprint density at radius 1 is 1.21 bits per heavy atom. The van der Waals surface area contributed by atoms with Crippen LogP contribution in [0.1, 0.15) is 46.9 Å². The monoisotopic (exact) mass is 402 g/mol. The number of carbonyl (C=O) groups is 1. The second-order valence-corrected chi connectivity index (χ2v) is 7.59. The van der Waals surface area contributed by atoms with Gasteiger partial charge in [-0.25, -0.2) is 0 Å². The number of aryl methyl sites for hydroxylation is 1. The molecule has 0 aliphatic carbocycles. The normalized spacial score (nSPS) is 13.6. The minimum absolute atomic E-state index is 0.0606. The number of carbonyl (C=O) groups excluding carboxylic acids is 1. The van der Waals surface area contributed by atoms with Gasteiger partial charge in [-0.3, -0.25) is 9.59 Å². The number of halogens is 1. The molecule has 1 saturated heterocycles. The van der Waals surface area contributed by atoms with Crippen LogP contribution in [0.2, 0.25) is 5.02 Å². The molecule has 0 saturated carbocycles. The van der Waals surface area contributed by atoms with E-state index in [1.807, 2.05) is 26.8 Å². The Hall–Kier alpha value is -2.47. The maximum Gasteiger partial charge on any atom is 0.251 e. The zero-order valence-electron chi connectivity index (χ0n) is 16.6. The van der Waals surface area contributed by atoms with Gasteiger partial charge in [0.1, 0.15) is 5.82 Å². The van der Waals surface area contributed by atoms with Gasteiger partial charge in [-0.2, -0.15) is 0 Å². The fraction of sp³-hybridized carbons (Fsp3) is 0.429. The van der Waals surface area contributed by atoms with Gasteiger partial charge in [0.2, 0.25) is 0 Å². The highest BCUT2D eigenvalue weighted by molar-refractivity contribution is 6.31. The van der Waals surface area contributed by atoms with Crippen molar-refractivity contribution < 1.29 is 4.79 Å². The maximum absolute atomic E-state index is 12.7. The molecule has 0 bridgehead atoms. The van der Waals surface area contributed by atoms with E-state index in [1.165, 1.54) is 0 Å². The Bertz CT molecular complexity index is 933. The third-order valence-electron chi connectivity index (χ3n) is 5.19. The predicted octanol–water partition coefficient (Wildman–Crippen LogP) is 3.61. The summed E-state index contributed by atoms with van der Waals surface area (Å²) in [5.74, 6) is 0.609. The summed E-state index contributed by atoms with van der Waals surface area (Å²) in [4.78, 5) is 30.8. The highest BCUT2D eigenvalue weighted by Crippen LogP contribution is 2.25. The van der Waals surface area contributed by atoms with Crippen LogP contribution in [-0.4, -0.2) is 30.5 Å². The molecule has 0 atom stereocenters. The van der Waals surface area contributed by atoms with Gasteiger partial charge in [-0.1, -0.05) is 11.6 Å². The fourth-order valence-corrected chi connectivity index (χ4v) is 3.82. The first kappa shape index (κ1) is 20.3. The maximum atomic E-state index is 12.7. The lowest BCUT2D eigenvalue weighted by atomic mass is 10.1. The van der Waals surface area contributed by atoms with E-state index in [9.17, 15) is 9.59 Å². The van der Waals surface area contributed by atoms with Crippen LogP contribution in [0.15, 0.2) is 23.0 Å². The van der Waals surface area contributed by atoms with E-state index in [-0.39, 0.29) is 17.9 Å². The number of aromatic amines is 1. The molecular weight excluding hydrogens is 376 g/mol. The summed E-state index contributed by atoms with van der Waals surface area (Å²) in [6, 6.07) is 5.09. The van der Waals surface area contributed by atoms with Crippen LogP contribution >= 0.6 is 11.6 Å². The molecule has 3 rings (SSSR count). The highest BCUT2D eigenvalue weighted by atomic mass is 35.5. The fourth-order valence-electron chi connectivity index (χ4n) is 3.60. The molecule has 6 nitrogen and oxygen atoms in total. The van der Waals surface area contributed by atoms with E-state index in [1.54, 1.807) is 12.1 Å². The van der Waals surface area contributed by atoms with E-state index in [2.05, 4.69) is 20.5 Å². The number of hydrogen-bond acceptors (Lipinski definition) is 4. The number of hydrogen-bond donors (Lipinski definition) is 3. The number of benzene rings is 1. The Morgan fingerprint density at radius 3 is 2.57 bits per heavy atom. The van der Waals surface area contributed by atoms with E-state index < -0.39 is 0 Å². The zero-order valence-corrected chi connectivity index (χ0v) is 17.4. The molecule has 1 aliphatic heterocycles. The van der Waals surface area contributed by atoms with E-state index in [4.69, 9.17) is 11.6 Å². The lowest BCUT2D eigenvalue weighted by molar-refractivity contribution is 0.0950. The minimum atomic E-state index is -0.249. The van der Waals surface area contributed by atoms with E-state index in [0.717, 1.165) is 55.2 Å². The summed E-state index contributed by atoms with van der Waals surface area (Å²) >= 11 is 6.17. The van der Waals surface area contributed by atoms with Gasteiger partial charge in [0.15, 0.2) is 5.43 Å². The molecule has 1 aromatic heterocycles. The molecule has 7 heteroatoms. The van der Waals surface area contributed by atoms with Gasteiger partial charge in [0, 0.05) is 59.8 Å². The van der Waals surface area contributed by atoms with Crippen molar-refractivity contribution in [3.8, 4) is 0 Å². The summed E-state index contributed by atoms with van der Waals surface area (Å²) in [7, 11) is 0. The van der Waals surface area contributed by atoms with Crippen molar-refractivity contribution in [2.45, 2.75) is 40.2 Å². The Morgan fingerprint density at radius 2 is 1.93 bits per heavy atom. The van der Waals surface area contributed by atoms with Crippen LogP contribution in [0, 0.1) is 13.8 Å². The molecular formula is C21H27ClN4O2.